The number of halogens is 3. The smallest absolute Gasteiger partial charge is 0.361 e. The van der Waals surface area contributed by atoms with Gasteiger partial charge in [-0.3, -0.25) is 4.79 Å². The molecule has 28 heavy (non-hydrogen) atoms. The average Bonchev–Trinajstić information content (AvgIpc) is 3.32. The summed E-state index contributed by atoms with van der Waals surface area (Å²) in [6, 6.07) is 9.09. The first-order chi connectivity index (χ1) is 13.1. The molecule has 4 rings (SSSR count). The number of hydrogen-bond donors (Lipinski definition) is 1. The molecule has 1 aromatic heterocycles. The van der Waals surface area contributed by atoms with Crippen LogP contribution in [-0.4, -0.2) is 17.9 Å². The van der Waals surface area contributed by atoms with Crippen LogP contribution >= 0.6 is 11.3 Å². The zero-order valence-electron chi connectivity index (χ0n) is 15.6. The molecule has 0 unspecified atom stereocenters. The van der Waals surface area contributed by atoms with Crippen molar-refractivity contribution in [3.05, 3.63) is 59.2 Å². The molecule has 1 aromatic carbocycles. The monoisotopic (exact) mass is 406 g/mol. The molecule has 0 bridgehead atoms. The number of nitrogens with zero attached hydrogens (tertiary/aromatic N) is 1. The molecule has 1 saturated heterocycles. The molecule has 1 aliphatic heterocycles. The Morgan fingerprint density at radius 3 is 2.61 bits per heavy atom. The van der Waals surface area contributed by atoms with Gasteiger partial charge in [-0.1, -0.05) is 18.7 Å². The van der Waals surface area contributed by atoms with Gasteiger partial charge in [-0.15, -0.1) is 11.3 Å². The molecule has 2 heterocycles. The molecule has 2 atom stereocenters. The van der Waals surface area contributed by atoms with Crippen molar-refractivity contribution >= 4 is 17.2 Å². The fourth-order valence-corrected chi connectivity index (χ4v) is 5.13. The molecule has 1 N–H and O–H groups in total. The van der Waals surface area contributed by atoms with Gasteiger partial charge in [0.1, 0.15) is 5.82 Å². The lowest BCUT2D eigenvalue weighted by atomic mass is 9.78. The number of alkyl halides is 3. The van der Waals surface area contributed by atoms with Gasteiger partial charge in [0.25, 0.3) is 0 Å². The van der Waals surface area contributed by atoms with Crippen molar-refractivity contribution in [3.8, 4) is 10.4 Å². The van der Waals surface area contributed by atoms with E-state index in [1.807, 2.05) is 19.1 Å². The zero-order chi connectivity index (χ0) is 20.3. The minimum absolute atomic E-state index is 0.0442. The van der Waals surface area contributed by atoms with Gasteiger partial charge in [-0.25, -0.2) is 0 Å². The first-order valence-corrected chi connectivity index (χ1v) is 9.95. The number of rotatable bonds is 3. The first-order valence-electron chi connectivity index (χ1n) is 9.14. The lowest BCUT2D eigenvalue weighted by Crippen LogP contribution is -2.59. The number of carbonyl (C=O) groups excluding carboxylic acids is 1. The number of amides is 1. The Kier molecular flexibility index (Phi) is 4.34. The predicted octanol–water partition coefficient (Wildman–Crippen LogP) is 5.21. The Hall–Kier alpha value is -2.28. The van der Waals surface area contributed by atoms with Crippen LogP contribution in [0.2, 0.25) is 0 Å². The molecule has 7 heteroatoms. The van der Waals surface area contributed by atoms with Crippen molar-refractivity contribution in [2.45, 2.75) is 31.5 Å². The summed E-state index contributed by atoms with van der Waals surface area (Å²) in [7, 11) is 1.72. The van der Waals surface area contributed by atoms with E-state index in [-0.39, 0.29) is 11.8 Å². The lowest BCUT2D eigenvalue weighted by molar-refractivity contribution is -0.140. The molecule has 1 amide bonds. The third-order valence-electron chi connectivity index (χ3n) is 5.71. The van der Waals surface area contributed by atoms with Gasteiger partial charge in [0.2, 0.25) is 5.91 Å². The number of carbonyl (C=O) groups is 1. The summed E-state index contributed by atoms with van der Waals surface area (Å²) >= 11 is 1.42. The Balaban J connectivity index is 1.72. The van der Waals surface area contributed by atoms with Gasteiger partial charge in [0.05, 0.1) is 17.0 Å². The minimum Gasteiger partial charge on any atom is -0.361 e. The summed E-state index contributed by atoms with van der Waals surface area (Å²) < 4.78 is 39.2. The van der Waals surface area contributed by atoms with Crippen LogP contribution in [0.1, 0.15) is 30.2 Å². The highest BCUT2D eigenvalue weighted by Crippen LogP contribution is 2.51. The number of hydrogen-bond acceptors (Lipinski definition) is 3. The maximum absolute atomic E-state index is 13.1. The highest BCUT2D eigenvalue weighted by atomic mass is 32.1. The van der Waals surface area contributed by atoms with Gasteiger partial charge < -0.3 is 10.2 Å². The second-order valence-electron chi connectivity index (χ2n) is 7.73. The number of thiophene rings is 1. The van der Waals surface area contributed by atoms with E-state index in [0.29, 0.717) is 17.3 Å². The van der Waals surface area contributed by atoms with E-state index in [1.165, 1.54) is 23.5 Å². The second-order valence-corrected chi connectivity index (χ2v) is 8.81. The second kappa shape index (κ2) is 6.37. The van der Waals surface area contributed by atoms with E-state index in [4.69, 9.17) is 0 Å². The van der Waals surface area contributed by atoms with Gasteiger partial charge >= 0.3 is 6.18 Å². The Labute approximate surface area is 165 Å². The van der Waals surface area contributed by atoms with E-state index in [0.717, 1.165) is 28.7 Å². The van der Waals surface area contributed by atoms with E-state index >= 15 is 0 Å². The SMILES string of the molecule is C=C1N[C@](C)(c2ccc(-c3cccc(C(F)(F)F)c3)s2)[C@H](C2CC2)C(=O)N1C. The molecular formula is C21H21F3N2OS. The van der Waals surface area contributed by atoms with Gasteiger partial charge in [-0.05, 0) is 55.5 Å². The standard InChI is InChI=1S/C21H21F3N2OS/c1-12-25-20(2,18(13-7-8-13)19(27)26(12)3)17-10-9-16(28-17)14-5-4-6-15(11-14)21(22,23)24/h4-6,9-11,13,18,25H,1,7-8H2,2-3H3/t18-,20-/m1/s1. The maximum Gasteiger partial charge on any atom is 0.416 e. The van der Waals surface area contributed by atoms with Crippen molar-refractivity contribution in [1.82, 2.24) is 10.2 Å². The topological polar surface area (TPSA) is 32.3 Å². The normalized spacial score (nSPS) is 25.8. The van der Waals surface area contributed by atoms with Crippen LogP contribution in [0.25, 0.3) is 10.4 Å². The van der Waals surface area contributed by atoms with Crippen LogP contribution in [0, 0.1) is 11.8 Å². The molecule has 3 nitrogen and oxygen atoms in total. The quantitative estimate of drug-likeness (QED) is 0.759. The van der Waals surface area contributed by atoms with Crippen LogP contribution in [0.3, 0.4) is 0 Å². The molecule has 148 valence electrons. The molecule has 0 spiro atoms. The van der Waals surface area contributed by atoms with E-state index in [2.05, 4.69) is 11.9 Å². The summed E-state index contributed by atoms with van der Waals surface area (Å²) in [6.07, 6.45) is -2.35. The molecule has 2 aromatic rings. The van der Waals surface area contributed by atoms with Gasteiger partial charge in [-0.2, -0.15) is 13.2 Å². The van der Waals surface area contributed by atoms with Crippen molar-refractivity contribution in [1.29, 1.82) is 0 Å². The van der Waals surface area contributed by atoms with Crippen molar-refractivity contribution in [2.75, 3.05) is 7.05 Å². The fourth-order valence-electron chi connectivity index (χ4n) is 3.99. The molecule has 2 fully saturated rings. The summed E-state index contributed by atoms with van der Waals surface area (Å²) in [5.41, 5.74) is -0.759. The highest BCUT2D eigenvalue weighted by Gasteiger charge is 2.53. The zero-order valence-corrected chi connectivity index (χ0v) is 16.5. The van der Waals surface area contributed by atoms with E-state index in [1.54, 1.807) is 18.0 Å². The van der Waals surface area contributed by atoms with E-state index in [9.17, 15) is 18.0 Å². The summed E-state index contributed by atoms with van der Waals surface area (Å²) in [6.45, 7) is 5.95. The van der Waals surface area contributed by atoms with Crippen LogP contribution < -0.4 is 5.32 Å². The summed E-state index contributed by atoms with van der Waals surface area (Å²) in [5, 5.41) is 3.40. The van der Waals surface area contributed by atoms with Crippen LogP contribution in [0.15, 0.2) is 48.8 Å². The first kappa shape index (κ1) is 19.1. The largest absolute Gasteiger partial charge is 0.416 e. The van der Waals surface area contributed by atoms with Crippen LogP contribution in [-0.2, 0) is 16.5 Å². The third-order valence-corrected chi connectivity index (χ3v) is 7.08. The Morgan fingerprint density at radius 1 is 1.25 bits per heavy atom. The minimum atomic E-state index is -4.38. The van der Waals surface area contributed by atoms with Crippen molar-refractivity contribution in [2.24, 2.45) is 11.8 Å². The van der Waals surface area contributed by atoms with Crippen LogP contribution in [0.5, 0.6) is 0 Å². The van der Waals surface area contributed by atoms with Crippen LogP contribution in [0.4, 0.5) is 13.2 Å². The van der Waals surface area contributed by atoms with Gasteiger partial charge in [0, 0.05) is 16.8 Å². The molecule has 1 saturated carbocycles. The average molecular weight is 406 g/mol. The van der Waals surface area contributed by atoms with Crippen molar-refractivity contribution in [3.63, 3.8) is 0 Å². The number of nitrogens with one attached hydrogen (secondary N) is 1. The third kappa shape index (κ3) is 3.11. The molecule has 1 aliphatic carbocycles. The Morgan fingerprint density at radius 2 is 1.96 bits per heavy atom. The highest BCUT2D eigenvalue weighted by molar-refractivity contribution is 7.15. The fraction of sp³-hybridized carbons (Fsp3) is 0.381. The Bertz CT molecular complexity index is 947. The number of benzene rings is 1. The predicted molar refractivity (Wildman–Crippen MR) is 103 cm³/mol. The van der Waals surface area contributed by atoms with Gasteiger partial charge in [0.15, 0.2) is 0 Å². The maximum atomic E-state index is 13.1. The molecular weight excluding hydrogens is 385 g/mol. The lowest BCUT2D eigenvalue weighted by Gasteiger charge is -2.46. The van der Waals surface area contributed by atoms with Crippen molar-refractivity contribution < 1.29 is 18.0 Å². The summed E-state index contributed by atoms with van der Waals surface area (Å²) in [5.74, 6) is 0.692. The summed E-state index contributed by atoms with van der Waals surface area (Å²) in [4.78, 5) is 16.2. The molecule has 2 aliphatic rings. The molecule has 0 radical (unpaired) electrons. The van der Waals surface area contributed by atoms with E-state index < -0.39 is 17.3 Å².